The Morgan fingerprint density at radius 3 is 2.37 bits per heavy atom. The van der Waals surface area contributed by atoms with Crippen LogP contribution in [0.3, 0.4) is 0 Å². The molecular formula is C26H29N7O2. The van der Waals surface area contributed by atoms with E-state index in [0.29, 0.717) is 28.4 Å². The van der Waals surface area contributed by atoms with Crippen LogP contribution in [0.1, 0.15) is 18.9 Å². The van der Waals surface area contributed by atoms with Crippen LogP contribution in [0.15, 0.2) is 65.7 Å². The van der Waals surface area contributed by atoms with Gasteiger partial charge in [0.15, 0.2) is 11.5 Å². The van der Waals surface area contributed by atoms with Crippen LogP contribution in [0.25, 0.3) is 16.9 Å². The summed E-state index contributed by atoms with van der Waals surface area (Å²) >= 11 is 0. The topological polar surface area (TPSA) is 103 Å². The Hall–Kier alpha value is -3.69. The van der Waals surface area contributed by atoms with Crippen LogP contribution in [0, 0.1) is 5.92 Å². The summed E-state index contributed by atoms with van der Waals surface area (Å²) < 4.78 is 9.36. The normalized spacial score (nSPS) is 17.5. The first-order valence-electron chi connectivity index (χ1n) is 12.2. The minimum Gasteiger partial charge on any atom is -0.457 e. The predicted octanol–water partition coefficient (Wildman–Crippen LogP) is 2.81. The number of nitrogen functional groups attached to an aromatic ring is 1. The number of fused-ring (bicyclic) bond motifs is 1. The summed E-state index contributed by atoms with van der Waals surface area (Å²) in [6.07, 6.45) is 3.26. The molecule has 2 saturated heterocycles. The number of nitrogens with one attached hydrogen (secondary N) is 1. The number of anilines is 1. The molecule has 4 aromatic rings. The van der Waals surface area contributed by atoms with Gasteiger partial charge in [0, 0.05) is 38.8 Å². The Bertz CT molecular complexity index is 1370. The molecule has 2 aromatic heterocycles. The van der Waals surface area contributed by atoms with Gasteiger partial charge in [0.1, 0.15) is 23.3 Å². The van der Waals surface area contributed by atoms with Gasteiger partial charge in [-0.25, -0.2) is 14.8 Å². The van der Waals surface area contributed by atoms with E-state index in [1.807, 2.05) is 59.2 Å². The zero-order chi connectivity index (χ0) is 23.8. The fourth-order valence-electron chi connectivity index (χ4n) is 5.13. The first-order valence-corrected chi connectivity index (χ1v) is 12.2. The summed E-state index contributed by atoms with van der Waals surface area (Å²) in [5, 5.41) is 3.34. The largest absolute Gasteiger partial charge is 0.457 e. The number of rotatable bonds is 6. The molecule has 180 valence electrons. The van der Waals surface area contributed by atoms with E-state index in [1.165, 1.54) is 6.33 Å². The summed E-state index contributed by atoms with van der Waals surface area (Å²) in [7, 11) is 0. The van der Waals surface area contributed by atoms with Crippen molar-refractivity contribution in [2.24, 2.45) is 5.92 Å². The molecule has 6 rings (SSSR count). The maximum Gasteiger partial charge on any atom is 0.335 e. The molecule has 0 radical (unpaired) electrons. The molecule has 0 aliphatic carbocycles. The summed E-state index contributed by atoms with van der Waals surface area (Å²) in [4.78, 5) is 25.0. The molecule has 0 bridgehead atoms. The quantitative estimate of drug-likeness (QED) is 0.446. The molecule has 35 heavy (non-hydrogen) atoms. The molecule has 3 N–H and O–H groups in total. The van der Waals surface area contributed by atoms with Crippen molar-refractivity contribution in [3.8, 4) is 17.2 Å². The highest BCUT2D eigenvalue weighted by Gasteiger charge is 2.29. The third-order valence-corrected chi connectivity index (χ3v) is 7.06. The van der Waals surface area contributed by atoms with Gasteiger partial charge in [-0.1, -0.05) is 18.2 Å². The first-order chi connectivity index (χ1) is 17.2. The Balaban J connectivity index is 1.30. The van der Waals surface area contributed by atoms with Gasteiger partial charge in [-0.2, -0.15) is 0 Å². The molecule has 2 aromatic carbocycles. The molecular weight excluding hydrogens is 442 g/mol. The lowest BCUT2D eigenvalue weighted by Crippen LogP contribution is -2.50. The lowest BCUT2D eigenvalue weighted by atomic mass is 9.99. The average Bonchev–Trinajstić information content (AvgIpc) is 3.16. The number of benzene rings is 2. The molecule has 9 heteroatoms. The lowest BCUT2D eigenvalue weighted by Gasteiger charge is -2.37. The number of nitrogens with zero attached hydrogens (tertiary/aromatic N) is 5. The van der Waals surface area contributed by atoms with Crippen molar-refractivity contribution in [1.29, 1.82) is 0 Å². The summed E-state index contributed by atoms with van der Waals surface area (Å²) in [6, 6.07) is 17.1. The van der Waals surface area contributed by atoms with E-state index in [4.69, 9.17) is 10.5 Å². The first kappa shape index (κ1) is 21.8. The molecule has 4 heterocycles. The zero-order valence-corrected chi connectivity index (χ0v) is 19.5. The number of nitrogens with two attached hydrogens (primary N) is 1. The van der Waals surface area contributed by atoms with Crippen molar-refractivity contribution < 1.29 is 4.74 Å². The van der Waals surface area contributed by atoms with E-state index in [0.717, 1.165) is 57.2 Å². The maximum absolute atomic E-state index is 13.8. The van der Waals surface area contributed by atoms with Gasteiger partial charge in [-0.15, -0.1) is 0 Å². The maximum atomic E-state index is 13.8. The Kier molecular flexibility index (Phi) is 5.71. The van der Waals surface area contributed by atoms with Crippen molar-refractivity contribution >= 4 is 17.0 Å². The van der Waals surface area contributed by atoms with Crippen molar-refractivity contribution in [1.82, 2.24) is 29.3 Å². The highest BCUT2D eigenvalue weighted by Crippen LogP contribution is 2.29. The zero-order valence-electron chi connectivity index (χ0n) is 19.5. The minimum absolute atomic E-state index is 0.0806. The van der Waals surface area contributed by atoms with Gasteiger partial charge < -0.3 is 20.7 Å². The van der Waals surface area contributed by atoms with E-state index in [2.05, 4.69) is 20.2 Å². The number of aromatic nitrogens is 4. The van der Waals surface area contributed by atoms with Crippen LogP contribution in [-0.2, 0) is 0 Å². The number of hydrogen-bond donors (Lipinski definition) is 2. The minimum atomic E-state index is -0.134. The third kappa shape index (κ3) is 4.17. The molecule has 2 fully saturated rings. The second-order valence-corrected chi connectivity index (χ2v) is 9.38. The highest BCUT2D eigenvalue weighted by atomic mass is 16.5. The standard InChI is InChI=1S/C26H29N7O2/c27-24-23-25(30-17-29-24)33(20-10-12-31(13-11-20)16-18-14-28-15-18)26(34)32(23)19-6-8-22(9-7-19)35-21-4-2-1-3-5-21/h1-9,17-18,20,28H,10-16H2,(H2,27,29,30). The van der Waals surface area contributed by atoms with Gasteiger partial charge in [0.25, 0.3) is 0 Å². The molecule has 2 aliphatic heterocycles. The second kappa shape index (κ2) is 9.16. The number of piperidine rings is 1. The van der Waals surface area contributed by atoms with E-state index < -0.39 is 0 Å². The smallest absolute Gasteiger partial charge is 0.335 e. The predicted molar refractivity (Wildman–Crippen MR) is 135 cm³/mol. The molecule has 0 saturated carbocycles. The summed E-state index contributed by atoms with van der Waals surface area (Å²) in [5.74, 6) is 2.49. The Morgan fingerprint density at radius 2 is 1.69 bits per heavy atom. The van der Waals surface area contributed by atoms with E-state index in [-0.39, 0.29) is 11.7 Å². The molecule has 2 aliphatic rings. The van der Waals surface area contributed by atoms with Gasteiger partial charge in [0.05, 0.1) is 5.69 Å². The molecule has 0 unspecified atom stereocenters. The van der Waals surface area contributed by atoms with Crippen LogP contribution < -0.4 is 21.5 Å². The Labute approximate surface area is 203 Å². The van der Waals surface area contributed by atoms with Crippen LogP contribution >= 0.6 is 0 Å². The van der Waals surface area contributed by atoms with E-state index >= 15 is 0 Å². The van der Waals surface area contributed by atoms with Gasteiger partial charge >= 0.3 is 5.69 Å². The van der Waals surface area contributed by atoms with E-state index in [9.17, 15) is 4.79 Å². The fraction of sp³-hybridized carbons (Fsp3) is 0.346. The van der Waals surface area contributed by atoms with Crippen LogP contribution in [0.2, 0.25) is 0 Å². The SMILES string of the molecule is Nc1ncnc2c1n(-c1ccc(Oc3ccccc3)cc1)c(=O)n2C1CCN(CC2CNC2)CC1. The number of hydrogen-bond acceptors (Lipinski definition) is 7. The molecule has 9 nitrogen and oxygen atoms in total. The van der Waals surface area contributed by atoms with Gasteiger partial charge in [-0.05, 0) is 55.2 Å². The number of para-hydroxylation sites is 1. The summed E-state index contributed by atoms with van der Waals surface area (Å²) in [5.41, 5.74) is 7.99. The second-order valence-electron chi connectivity index (χ2n) is 9.38. The van der Waals surface area contributed by atoms with Crippen molar-refractivity contribution in [2.75, 3.05) is 38.5 Å². The fourth-order valence-corrected chi connectivity index (χ4v) is 5.13. The third-order valence-electron chi connectivity index (χ3n) is 7.06. The van der Waals surface area contributed by atoms with Gasteiger partial charge in [0.2, 0.25) is 0 Å². The van der Waals surface area contributed by atoms with Crippen LogP contribution in [-0.4, -0.2) is 56.7 Å². The summed E-state index contributed by atoms with van der Waals surface area (Å²) in [6.45, 7) is 5.30. The van der Waals surface area contributed by atoms with Crippen molar-refractivity contribution in [2.45, 2.75) is 18.9 Å². The molecule has 0 spiro atoms. The number of ether oxygens (including phenoxy) is 1. The molecule has 0 atom stereocenters. The Morgan fingerprint density at radius 1 is 0.971 bits per heavy atom. The monoisotopic (exact) mass is 471 g/mol. The van der Waals surface area contributed by atoms with E-state index in [1.54, 1.807) is 4.57 Å². The van der Waals surface area contributed by atoms with Crippen molar-refractivity contribution in [3.05, 3.63) is 71.4 Å². The van der Waals surface area contributed by atoms with Crippen molar-refractivity contribution in [3.63, 3.8) is 0 Å². The highest BCUT2D eigenvalue weighted by molar-refractivity contribution is 5.84. The van der Waals surface area contributed by atoms with Crippen LogP contribution in [0.4, 0.5) is 5.82 Å². The average molecular weight is 472 g/mol. The van der Waals surface area contributed by atoms with Crippen LogP contribution in [0.5, 0.6) is 11.5 Å². The number of likely N-dealkylation sites (tertiary alicyclic amines) is 1. The lowest BCUT2D eigenvalue weighted by molar-refractivity contribution is 0.143. The van der Waals surface area contributed by atoms with Gasteiger partial charge in [-0.3, -0.25) is 9.13 Å². The number of imidazole rings is 1. The molecule has 0 amide bonds.